The first-order chi connectivity index (χ1) is 9.69. The number of amides is 1. The molecule has 3 N–H and O–H groups in total. The van der Waals surface area contributed by atoms with E-state index in [0.717, 1.165) is 0 Å². The van der Waals surface area contributed by atoms with Crippen molar-refractivity contribution in [2.45, 2.75) is 33.3 Å². The highest BCUT2D eigenvalue weighted by Crippen LogP contribution is 2.13. The molecule has 0 heterocycles. The number of nitrogen functional groups attached to an aromatic ring is 1. The van der Waals surface area contributed by atoms with Gasteiger partial charge < -0.3 is 15.8 Å². The van der Waals surface area contributed by atoms with Crippen molar-refractivity contribution >= 4 is 17.6 Å². The fraction of sp³-hybridized carbons (Fsp3) is 0.375. The first-order valence-corrected chi connectivity index (χ1v) is 6.55. The Morgan fingerprint density at radius 1 is 1.33 bits per heavy atom. The molecule has 0 aliphatic rings. The van der Waals surface area contributed by atoms with Gasteiger partial charge in [0.2, 0.25) is 0 Å². The van der Waals surface area contributed by atoms with Crippen molar-refractivity contribution in [2.24, 2.45) is 0 Å². The lowest BCUT2D eigenvalue weighted by molar-refractivity contribution is 0.0535. The number of anilines is 1. The molecule has 0 aliphatic heterocycles. The minimum Gasteiger partial charge on any atom is -0.444 e. The fourth-order valence-electron chi connectivity index (χ4n) is 1.47. The normalized spacial score (nSPS) is 10.3. The van der Waals surface area contributed by atoms with Crippen LogP contribution < -0.4 is 11.1 Å². The first-order valence-electron chi connectivity index (χ1n) is 6.55. The van der Waals surface area contributed by atoms with E-state index in [1.807, 2.05) is 0 Å². The van der Waals surface area contributed by atoms with Crippen molar-refractivity contribution in [3.8, 4) is 11.8 Å². The Labute approximate surface area is 124 Å². The molecule has 0 unspecified atom stereocenters. The highest BCUT2D eigenvalue weighted by molar-refractivity contribution is 5.95. The first kappa shape index (κ1) is 16.6. The van der Waals surface area contributed by atoms with Gasteiger partial charge in [-0.15, -0.1) is 0 Å². The van der Waals surface area contributed by atoms with Gasteiger partial charge in [-0.2, -0.15) is 0 Å². The number of nitrogens with two attached hydrogens (primary N) is 1. The molecule has 5 heteroatoms. The Morgan fingerprint density at radius 2 is 2.00 bits per heavy atom. The zero-order valence-electron chi connectivity index (χ0n) is 12.7. The SMILES string of the molecule is CC(=O)c1ccc(C#CCNC(=O)OC(C)(C)C)c(N)c1. The van der Waals surface area contributed by atoms with E-state index >= 15 is 0 Å². The molecule has 0 atom stereocenters. The van der Waals surface area contributed by atoms with Crippen LogP contribution in [0, 0.1) is 11.8 Å². The number of alkyl carbamates (subject to hydrolysis) is 1. The van der Waals surface area contributed by atoms with Gasteiger partial charge in [-0.1, -0.05) is 17.9 Å². The van der Waals surface area contributed by atoms with Gasteiger partial charge in [0.05, 0.1) is 6.54 Å². The third kappa shape index (κ3) is 6.00. The van der Waals surface area contributed by atoms with E-state index in [2.05, 4.69) is 17.2 Å². The topological polar surface area (TPSA) is 81.4 Å². The van der Waals surface area contributed by atoms with Crippen LogP contribution in [0.15, 0.2) is 18.2 Å². The number of hydrogen-bond acceptors (Lipinski definition) is 4. The van der Waals surface area contributed by atoms with Crippen LogP contribution in [0.5, 0.6) is 0 Å². The lowest BCUT2D eigenvalue weighted by atomic mass is 10.1. The molecule has 1 amide bonds. The van der Waals surface area contributed by atoms with E-state index < -0.39 is 11.7 Å². The minimum absolute atomic E-state index is 0.0483. The maximum Gasteiger partial charge on any atom is 0.408 e. The Kier molecular flexibility index (Phi) is 5.37. The largest absolute Gasteiger partial charge is 0.444 e. The summed E-state index contributed by atoms with van der Waals surface area (Å²) in [4.78, 5) is 22.6. The summed E-state index contributed by atoms with van der Waals surface area (Å²) in [5.74, 6) is 5.57. The monoisotopic (exact) mass is 288 g/mol. The number of hydrogen-bond donors (Lipinski definition) is 2. The molecular formula is C16H20N2O3. The third-order valence-electron chi connectivity index (χ3n) is 2.40. The zero-order valence-corrected chi connectivity index (χ0v) is 12.7. The summed E-state index contributed by atoms with van der Waals surface area (Å²) in [6, 6.07) is 4.95. The van der Waals surface area contributed by atoms with Gasteiger partial charge in [0, 0.05) is 16.8 Å². The van der Waals surface area contributed by atoms with Gasteiger partial charge in [0.15, 0.2) is 5.78 Å². The van der Waals surface area contributed by atoms with Crippen LogP contribution in [-0.4, -0.2) is 24.0 Å². The molecule has 0 spiro atoms. The van der Waals surface area contributed by atoms with Crippen molar-refractivity contribution in [2.75, 3.05) is 12.3 Å². The van der Waals surface area contributed by atoms with Gasteiger partial charge in [0.25, 0.3) is 0 Å². The Morgan fingerprint density at radius 3 is 2.52 bits per heavy atom. The van der Waals surface area contributed by atoms with Crippen molar-refractivity contribution in [3.05, 3.63) is 29.3 Å². The summed E-state index contributed by atoms with van der Waals surface area (Å²) in [6.07, 6.45) is -0.517. The molecule has 0 fully saturated rings. The molecular weight excluding hydrogens is 268 g/mol. The number of Topliss-reactive ketones (excluding diaryl/α,β-unsaturated/α-hetero) is 1. The predicted molar refractivity (Wildman–Crippen MR) is 82.0 cm³/mol. The molecule has 0 saturated heterocycles. The molecule has 1 rings (SSSR count). The Bertz CT molecular complexity index is 604. The smallest absolute Gasteiger partial charge is 0.408 e. The highest BCUT2D eigenvalue weighted by Gasteiger charge is 2.15. The quantitative estimate of drug-likeness (QED) is 0.497. The van der Waals surface area contributed by atoms with Crippen LogP contribution in [-0.2, 0) is 4.74 Å². The van der Waals surface area contributed by atoms with E-state index in [1.165, 1.54) is 6.92 Å². The molecule has 0 bridgehead atoms. The van der Waals surface area contributed by atoms with Gasteiger partial charge in [-0.3, -0.25) is 4.79 Å². The molecule has 21 heavy (non-hydrogen) atoms. The van der Waals surface area contributed by atoms with Crippen LogP contribution in [0.3, 0.4) is 0 Å². The zero-order chi connectivity index (χ0) is 16.0. The molecule has 0 aromatic heterocycles. The van der Waals surface area contributed by atoms with E-state index in [-0.39, 0.29) is 12.3 Å². The van der Waals surface area contributed by atoms with Crippen LogP contribution in [0.4, 0.5) is 10.5 Å². The lowest BCUT2D eigenvalue weighted by Crippen LogP contribution is -2.32. The van der Waals surface area contributed by atoms with E-state index in [1.54, 1.807) is 39.0 Å². The number of ether oxygens (including phenoxy) is 1. The Balaban J connectivity index is 2.60. The average molecular weight is 288 g/mol. The van der Waals surface area contributed by atoms with Crippen LogP contribution in [0.2, 0.25) is 0 Å². The molecule has 1 aromatic rings. The van der Waals surface area contributed by atoms with Crippen LogP contribution in [0.1, 0.15) is 43.6 Å². The predicted octanol–water partition coefficient (Wildman–Crippen LogP) is 2.35. The summed E-state index contributed by atoms with van der Waals surface area (Å²) in [5.41, 5.74) is 6.88. The van der Waals surface area contributed by atoms with E-state index in [4.69, 9.17) is 10.5 Å². The van der Waals surface area contributed by atoms with E-state index in [0.29, 0.717) is 16.8 Å². The summed E-state index contributed by atoms with van der Waals surface area (Å²) in [7, 11) is 0. The van der Waals surface area contributed by atoms with Gasteiger partial charge in [-0.05, 0) is 39.8 Å². The second kappa shape index (κ2) is 6.80. The number of carbonyl (C=O) groups is 2. The second-order valence-electron chi connectivity index (χ2n) is 5.52. The van der Waals surface area contributed by atoms with Crippen LogP contribution in [0.25, 0.3) is 0 Å². The maximum absolute atomic E-state index is 11.4. The third-order valence-corrected chi connectivity index (χ3v) is 2.40. The second-order valence-corrected chi connectivity index (χ2v) is 5.52. The molecule has 5 nitrogen and oxygen atoms in total. The molecule has 112 valence electrons. The number of carbonyl (C=O) groups excluding carboxylic acids is 2. The lowest BCUT2D eigenvalue weighted by Gasteiger charge is -2.19. The van der Waals surface area contributed by atoms with Crippen molar-refractivity contribution in [3.63, 3.8) is 0 Å². The van der Waals surface area contributed by atoms with E-state index in [9.17, 15) is 9.59 Å². The summed E-state index contributed by atoms with van der Waals surface area (Å²) < 4.78 is 5.08. The highest BCUT2D eigenvalue weighted by atomic mass is 16.6. The summed E-state index contributed by atoms with van der Waals surface area (Å²) in [6.45, 7) is 6.99. The van der Waals surface area contributed by atoms with Crippen molar-refractivity contribution in [1.29, 1.82) is 0 Å². The van der Waals surface area contributed by atoms with Gasteiger partial charge >= 0.3 is 6.09 Å². The maximum atomic E-state index is 11.4. The molecule has 0 radical (unpaired) electrons. The number of rotatable bonds is 2. The molecule has 1 aromatic carbocycles. The van der Waals surface area contributed by atoms with Crippen molar-refractivity contribution < 1.29 is 14.3 Å². The number of nitrogens with one attached hydrogen (secondary N) is 1. The van der Waals surface area contributed by atoms with Gasteiger partial charge in [0.1, 0.15) is 5.60 Å². The molecule has 0 aliphatic carbocycles. The van der Waals surface area contributed by atoms with Gasteiger partial charge in [-0.25, -0.2) is 4.79 Å². The average Bonchev–Trinajstić information content (AvgIpc) is 2.33. The number of ketones is 1. The fourth-order valence-corrected chi connectivity index (χ4v) is 1.47. The Hall–Kier alpha value is -2.48. The van der Waals surface area contributed by atoms with Crippen LogP contribution >= 0.6 is 0 Å². The number of benzene rings is 1. The standard InChI is InChI=1S/C16H20N2O3/c1-11(19)13-8-7-12(14(17)10-13)6-5-9-18-15(20)21-16(2,3)4/h7-8,10H,9,17H2,1-4H3,(H,18,20). The molecule has 0 saturated carbocycles. The summed E-state index contributed by atoms with van der Waals surface area (Å²) in [5, 5.41) is 2.53. The summed E-state index contributed by atoms with van der Waals surface area (Å²) >= 11 is 0. The minimum atomic E-state index is -0.537. The van der Waals surface area contributed by atoms with Crippen molar-refractivity contribution in [1.82, 2.24) is 5.32 Å².